The van der Waals surface area contributed by atoms with Gasteiger partial charge in [0.2, 0.25) is 0 Å². The molecule has 0 aliphatic heterocycles. The molecule has 3 N–H and O–H groups in total. The van der Waals surface area contributed by atoms with Crippen LogP contribution >= 0.6 is 0 Å². The van der Waals surface area contributed by atoms with Gasteiger partial charge in [0.15, 0.2) is 0 Å². The van der Waals surface area contributed by atoms with Crippen LogP contribution in [0.15, 0.2) is 24.4 Å². The van der Waals surface area contributed by atoms with E-state index in [0.717, 1.165) is 11.3 Å². The molecule has 86 valence electrons. The number of hydrogen-bond acceptors (Lipinski definition) is 2. The smallest absolute Gasteiger partial charge is 0.119 e. The van der Waals surface area contributed by atoms with Gasteiger partial charge in [-0.25, -0.2) is 0 Å². The summed E-state index contributed by atoms with van der Waals surface area (Å²) >= 11 is 0. The Hall–Kier alpha value is -1.48. The van der Waals surface area contributed by atoms with Gasteiger partial charge in [0.05, 0.1) is 7.11 Å². The Morgan fingerprint density at radius 1 is 1.38 bits per heavy atom. The van der Waals surface area contributed by atoms with Crippen molar-refractivity contribution in [1.29, 1.82) is 0 Å². The van der Waals surface area contributed by atoms with Crippen LogP contribution < -0.4 is 10.5 Å². The van der Waals surface area contributed by atoms with E-state index in [1.807, 2.05) is 18.3 Å². The van der Waals surface area contributed by atoms with Gasteiger partial charge < -0.3 is 15.5 Å². The molecule has 1 aromatic heterocycles. The highest BCUT2D eigenvalue weighted by Gasteiger charge is 2.22. The number of ether oxygens (including phenoxy) is 1. The van der Waals surface area contributed by atoms with Gasteiger partial charge in [0, 0.05) is 29.1 Å². The normalized spacial score (nSPS) is 12.0. The van der Waals surface area contributed by atoms with Crippen LogP contribution in [0.1, 0.15) is 19.4 Å². The largest absolute Gasteiger partial charge is 0.497 e. The Morgan fingerprint density at radius 3 is 2.75 bits per heavy atom. The number of benzene rings is 1. The third kappa shape index (κ3) is 1.67. The number of H-pyrrole nitrogens is 1. The zero-order valence-electron chi connectivity index (χ0n) is 10.0. The molecule has 16 heavy (non-hydrogen) atoms. The van der Waals surface area contributed by atoms with Crippen LogP contribution in [0.25, 0.3) is 10.9 Å². The summed E-state index contributed by atoms with van der Waals surface area (Å²) < 4.78 is 5.25. The second-order valence-electron chi connectivity index (χ2n) is 4.70. The predicted octanol–water partition coefficient (Wildman–Crippen LogP) is 2.41. The van der Waals surface area contributed by atoms with E-state index in [9.17, 15) is 0 Å². The Balaban J connectivity index is 2.62. The van der Waals surface area contributed by atoms with Gasteiger partial charge in [-0.2, -0.15) is 0 Å². The molecule has 0 fully saturated rings. The van der Waals surface area contributed by atoms with E-state index >= 15 is 0 Å². The number of methoxy groups -OCH3 is 1. The highest BCUT2D eigenvalue weighted by Crippen LogP contribution is 2.31. The van der Waals surface area contributed by atoms with Gasteiger partial charge in [-0.3, -0.25) is 0 Å². The van der Waals surface area contributed by atoms with Crippen LogP contribution in [0.3, 0.4) is 0 Å². The van der Waals surface area contributed by atoms with Crippen LogP contribution in [-0.2, 0) is 5.41 Å². The molecule has 0 aliphatic rings. The molecule has 0 spiro atoms. The van der Waals surface area contributed by atoms with Crippen molar-refractivity contribution in [3.8, 4) is 5.75 Å². The molecule has 0 aliphatic carbocycles. The van der Waals surface area contributed by atoms with Crippen LogP contribution in [0.4, 0.5) is 0 Å². The lowest BCUT2D eigenvalue weighted by Gasteiger charge is -2.21. The Bertz CT molecular complexity index is 500. The van der Waals surface area contributed by atoms with Crippen molar-refractivity contribution in [1.82, 2.24) is 4.98 Å². The molecule has 0 unspecified atom stereocenters. The monoisotopic (exact) mass is 218 g/mol. The number of fused-ring (bicyclic) bond motifs is 1. The molecule has 0 saturated carbocycles. The minimum atomic E-state index is -0.0232. The first-order chi connectivity index (χ1) is 7.58. The van der Waals surface area contributed by atoms with Crippen LogP contribution in [-0.4, -0.2) is 18.6 Å². The van der Waals surface area contributed by atoms with Crippen molar-refractivity contribution < 1.29 is 4.74 Å². The van der Waals surface area contributed by atoms with Crippen LogP contribution in [0.5, 0.6) is 5.75 Å². The molecular weight excluding hydrogens is 200 g/mol. The van der Waals surface area contributed by atoms with Crippen molar-refractivity contribution in [2.75, 3.05) is 13.7 Å². The van der Waals surface area contributed by atoms with Crippen LogP contribution in [0, 0.1) is 0 Å². The maximum atomic E-state index is 5.81. The predicted molar refractivity (Wildman–Crippen MR) is 66.9 cm³/mol. The number of nitrogens with two attached hydrogens (primary N) is 1. The second kappa shape index (κ2) is 3.83. The molecule has 0 bridgehead atoms. The van der Waals surface area contributed by atoms with E-state index in [1.54, 1.807) is 7.11 Å². The zero-order valence-corrected chi connectivity index (χ0v) is 10.0. The summed E-state index contributed by atoms with van der Waals surface area (Å²) in [4.78, 5) is 3.27. The van der Waals surface area contributed by atoms with E-state index in [0.29, 0.717) is 6.54 Å². The molecule has 3 nitrogen and oxygen atoms in total. The average Bonchev–Trinajstić information content (AvgIpc) is 2.72. The standard InChI is InChI=1S/C13H18N2O/c1-13(2,8-14)11-7-15-12-5-4-9(16-3)6-10(11)12/h4-7,15H,8,14H2,1-3H3. The first-order valence-corrected chi connectivity index (χ1v) is 5.44. The average molecular weight is 218 g/mol. The highest BCUT2D eigenvalue weighted by atomic mass is 16.5. The lowest BCUT2D eigenvalue weighted by Crippen LogP contribution is -2.27. The molecule has 0 atom stereocenters. The summed E-state index contributed by atoms with van der Waals surface area (Å²) in [5.41, 5.74) is 8.15. The Morgan fingerprint density at radius 2 is 2.12 bits per heavy atom. The maximum Gasteiger partial charge on any atom is 0.119 e. The van der Waals surface area contributed by atoms with E-state index in [1.165, 1.54) is 10.9 Å². The van der Waals surface area contributed by atoms with Crippen molar-refractivity contribution in [2.24, 2.45) is 5.73 Å². The SMILES string of the molecule is COc1ccc2[nH]cc(C(C)(C)CN)c2c1. The Kier molecular flexibility index (Phi) is 2.64. The summed E-state index contributed by atoms with van der Waals surface area (Å²) in [6, 6.07) is 6.04. The fraction of sp³-hybridized carbons (Fsp3) is 0.385. The molecule has 2 rings (SSSR count). The quantitative estimate of drug-likeness (QED) is 0.831. The topological polar surface area (TPSA) is 51.0 Å². The fourth-order valence-corrected chi connectivity index (χ4v) is 1.90. The van der Waals surface area contributed by atoms with Gasteiger partial charge in [-0.15, -0.1) is 0 Å². The van der Waals surface area contributed by atoms with Crippen LogP contribution in [0.2, 0.25) is 0 Å². The number of rotatable bonds is 3. The van der Waals surface area contributed by atoms with Gasteiger partial charge >= 0.3 is 0 Å². The van der Waals surface area contributed by atoms with E-state index in [2.05, 4.69) is 24.9 Å². The maximum absolute atomic E-state index is 5.81. The number of hydrogen-bond donors (Lipinski definition) is 2. The third-order valence-electron chi connectivity index (χ3n) is 3.13. The molecule has 1 heterocycles. The first kappa shape index (κ1) is 11.0. The molecule has 0 saturated heterocycles. The molecule has 1 aromatic carbocycles. The fourth-order valence-electron chi connectivity index (χ4n) is 1.90. The van der Waals surface area contributed by atoms with Gasteiger partial charge in [-0.05, 0) is 23.8 Å². The minimum absolute atomic E-state index is 0.0232. The summed E-state index contributed by atoms with van der Waals surface area (Å²) in [5.74, 6) is 0.876. The molecule has 3 heteroatoms. The number of nitrogens with one attached hydrogen (secondary N) is 1. The van der Waals surface area contributed by atoms with E-state index in [4.69, 9.17) is 10.5 Å². The summed E-state index contributed by atoms with van der Waals surface area (Å²) in [7, 11) is 1.68. The third-order valence-corrected chi connectivity index (χ3v) is 3.13. The number of aromatic nitrogens is 1. The van der Waals surface area contributed by atoms with Gasteiger partial charge in [-0.1, -0.05) is 13.8 Å². The van der Waals surface area contributed by atoms with Gasteiger partial charge in [0.1, 0.15) is 5.75 Å². The van der Waals surface area contributed by atoms with Crippen molar-refractivity contribution >= 4 is 10.9 Å². The summed E-state index contributed by atoms with van der Waals surface area (Å²) in [5, 5.41) is 1.19. The lowest BCUT2D eigenvalue weighted by molar-refractivity contribution is 0.415. The summed E-state index contributed by atoms with van der Waals surface area (Å²) in [6.45, 7) is 4.92. The highest BCUT2D eigenvalue weighted by molar-refractivity contribution is 5.85. The molecular formula is C13H18N2O. The van der Waals surface area contributed by atoms with Crippen molar-refractivity contribution in [2.45, 2.75) is 19.3 Å². The van der Waals surface area contributed by atoms with E-state index in [-0.39, 0.29) is 5.41 Å². The van der Waals surface area contributed by atoms with Crippen molar-refractivity contribution in [3.63, 3.8) is 0 Å². The Labute approximate surface area is 95.6 Å². The molecule has 0 radical (unpaired) electrons. The van der Waals surface area contributed by atoms with Gasteiger partial charge in [0.25, 0.3) is 0 Å². The zero-order chi connectivity index (χ0) is 11.8. The summed E-state index contributed by atoms with van der Waals surface area (Å²) in [6.07, 6.45) is 2.04. The van der Waals surface area contributed by atoms with Crippen molar-refractivity contribution in [3.05, 3.63) is 30.0 Å². The molecule has 2 aromatic rings. The second-order valence-corrected chi connectivity index (χ2v) is 4.70. The minimum Gasteiger partial charge on any atom is -0.497 e. The van der Waals surface area contributed by atoms with E-state index < -0.39 is 0 Å². The number of aromatic amines is 1. The lowest BCUT2D eigenvalue weighted by atomic mass is 9.84. The molecule has 0 amide bonds. The first-order valence-electron chi connectivity index (χ1n) is 5.44.